The zero-order valence-electron chi connectivity index (χ0n) is 17.7. The largest absolute Gasteiger partial charge is 0.312 e. The standard InChI is InChI=1S/C24H25N3O2S/c1-14-6-5-7-17(11-14)13-30-24-26-23(29)21-19(12-20(28)25-22(21)27(24)4)18-9-8-15(2)10-16(18)3/h5-11,19H,12-13H2,1-4H3,(H,25,28). The minimum absolute atomic E-state index is 0.0803. The molecule has 4 rings (SSSR count). The number of nitrogens with one attached hydrogen (secondary N) is 1. The Morgan fingerprint density at radius 1 is 1.10 bits per heavy atom. The summed E-state index contributed by atoms with van der Waals surface area (Å²) in [6.07, 6.45) is 0.254. The Balaban J connectivity index is 1.74. The number of fused-ring (bicyclic) bond motifs is 1. The third kappa shape index (κ3) is 3.92. The summed E-state index contributed by atoms with van der Waals surface area (Å²) in [4.78, 5) is 30.0. The second-order valence-corrected chi connectivity index (χ2v) is 8.91. The lowest BCUT2D eigenvalue weighted by atomic mass is 9.84. The number of nitrogens with zero attached hydrogens (tertiary/aromatic N) is 2. The van der Waals surface area contributed by atoms with Crippen molar-refractivity contribution >= 4 is 23.5 Å². The minimum atomic E-state index is -0.281. The summed E-state index contributed by atoms with van der Waals surface area (Å²) >= 11 is 1.50. The van der Waals surface area contributed by atoms with Gasteiger partial charge in [0, 0.05) is 25.1 Å². The Morgan fingerprint density at radius 2 is 1.87 bits per heavy atom. The van der Waals surface area contributed by atoms with Gasteiger partial charge in [0.25, 0.3) is 5.56 Å². The van der Waals surface area contributed by atoms with Crippen LogP contribution in [-0.4, -0.2) is 15.5 Å². The number of carbonyl (C=O) groups excluding carboxylic acids is 1. The molecule has 2 aromatic carbocycles. The Labute approximate surface area is 180 Å². The van der Waals surface area contributed by atoms with Crippen molar-refractivity contribution < 1.29 is 4.79 Å². The third-order valence-electron chi connectivity index (χ3n) is 5.55. The molecule has 0 spiro atoms. The predicted octanol–water partition coefficient (Wildman–Crippen LogP) is 4.47. The smallest absolute Gasteiger partial charge is 0.279 e. The molecular weight excluding hydrogens is 394 g/mol. The van der Waals surface area contributed by atoms with Crippen molar-refractivity contribution in [3.8, 4) is 0 Å². The van der Waals surface area contributed by atoms with Crippen LogP contribution in [0, 0.1) is 20.8 Å². The predicted molar refractivity (Wildman–Crippen MR) is 121 cm³/mol. The van der Waals surface area contributed by atoms with Crippen molar-refractivity contribution in [1.29, 1.82) is 0 Å². The van der Waals surface area contributed by atoms with E-state index in [0.717, 1.165) is 16.7 Å². The molecule has 2 heterocycles. The molecule has 5 nitrogen and oxygen atoms in total. The van der Waals surface area contributed by atoms with Crippen LogP contribution in [0.2, 0.25) is 0 Å². The maximum absolute atomic E-state index is 13.1. The number of hydrogen-bond donors (Lipinski definition) is 1. The lowest BCUT2D eigenvalue weighted by Crippen LogP contribution is -2.33. The number of anilines is 1. The average molecular weight is 420 g/mol. The Morgan fingerprint density at radius 3 is 2.60 bits per heavy atom. The number of rotatable bonds is 4. The average Bonchev–Trinajstić information content (AvgIpc) is 2.69. The number of carbonyl (C=O) groups is 1. The maximum Gasteiger partial charge on any atom is 0.279 e. The highest BCUT2D eigenvalue weighted by atomic mass is 32.2. The van der Waals surface area contributed by atoms with Crippen molar-refractivity contribution in [3.05, 3.63) is 86.2 Å². The van der Waals surface area contributed by atoms with Gasteiger partial charge in [0.15, 0.2) is 5.16 Å². The topological polar surface area (TPSA) is 64.0 Å². The second-order valence-electron chi connectivity index (χ2n) is 7.96. The quantitative estimate of drug-likeness (QED) is 0.501. The summed E-state index contributed by atoms with van der Waals surface area (Å²) in [6.45, 7) is 6.12. The highest BCUT2D eigenvalue weighted by Crippen LogP contribution is 2.37. The van der Waals surface area contributed by atoms with Crippen molar-refractivity contribution in [2.75, 3.05) is 5.32 Å². The minimum Gasteiger partial charge on any atom is -0.312 e. The molecule has 1 atom stereocenters. The molecule has 0 bridgehead atoms. The first-order chi connectivity index (χ1) is 14.3. The van der Waals surface area contributed by atoms with Crippen LogP contribution in [0.4, 0.5) is 5.82 Å². The third-order valence-corrected chi connectivity index (χ3v) is 6.65. The molecule has 1 aliphatic heterocycles. The first-order valence-electron chi connectivity index (χ1n) is 9.99. The molecule has 0 saturated heterocycles. The van der Waals surface area contributed by atoms with Gasteiger partial charge >= 0.3 is 0 Å². The van der Waals surface area contributed by atoms with E-state index in [1.54, 1.807) is 0 Å². The number of thioether (sulfide) groups is 1. The van der Waals surface area contributed by atoms with E-state index in [0.29, 0.717) is 22.3 Å². The molecule has 1 aliphatic rings. The lowest BCUT2D eigenvalue weighted by molar-refractivity contribution is -0.116. The zero-order valence-corrected chi connectivity index (χ0v) is 18.5. The highest BCUT2D eigenvalue weighted by molar-refractivity contribution is 7.98. The van der Waals surface area contributed by atoms with Gasteiger partial charge in [0.2, 0.25) is 5.91 Å². The maximum atomic E-state index is 13.1. The van der Waals surface area contributed by atoms with E-state index in [1.807, 2.05) is 43.7 Å². The van der Waals surface area contributed by atoms with Crippen molar-refractivity contribution in [2.45, 2.75) is 44.0 Å². The van der Waals surface area contributed by atoms with E-state index in [1.165, 1.54) is 22.9 Å². The molecule has 1 N–H and O–H groups in total. The van der Waals surface area contributed by atoms with E-state index < -0.39 is 0 Å². The van der Waals surface area contributed by atoms with Crippen LogP contribution in [0.15, 0.2) is 52.4 Å². The summed E-state index contributed by atoms with van der Waals surface area (Å²) < 4.78 is 1.84. The van der Waals surface area contributed by atoms with Crippen LogP contribution in [0.5, 0.6) is 0 Å². The molecule has 1 amide bonds. The molecule has 6 heteroatoms. The molecule has 3 aromatic rings. The Hall–Kier alpha value is -2.86. The summed E-state index contributed by atoms with van der Waals surface area (Å²) in [6, 6.07) is 14.4. The molecule has 1 unspecified atom stereocenters. The normalized spacial score (nSPS) is 15.6. The van der Waals surface area contributed by atoms with Crippen LogP contribution in [0.1, 0.15) is 45.7 Å². The van der Waals surface area contributed by atoms with E-state index in [-0.39, 0.29) is 23.8 Å². The van der Waals surface area contributed by atoms with E-state index in [2.05, 4.69) is 41.5 Å². The fraction of sp³-hybridized carbons (Fsp3) is 0.292. The summed E-state index contributed by atoms with van der Waals surface area (Å²) in [5.74, 6) is 0.900. The van der Waals surface area contributed by atoms with Gasteiger partial charge in [-0.3, -0.25) is 9.59 Å². The van der Waals surface area contributed by atoms with Gasteiger partial charge in [-0.1, -0.05) is 65.4 Å². The molecule has 0 aliphatic carbocycles. The van der Waals surface area contributed by atoms with Crippen molar-refractivity contribution in [1.82, 2.24) is 9.55 Å². The number of amides is 1. The molecule has 30 heavy (non-hydrogen) atoms. The van der Waals surface area contributed by atoms with Crippen LogP contribution in [0.25, 0.3) is 0 Å². The van der Waals surface area contributed by atoms with Crippen LogP contribution in [-0.2, 0) is 17.6 Å². The van der Waals surface area contributed by atoms with Crippen LogP contribution >= 0.6 is 11.8 Å². The van der Waals surface area contributed by atoms with Gasteiger partial charge in [0.05, 0.1) is 5.56 Å². The van der Waals surface area contributed by atoms with Gasteiger partial charge in [-0.2, -0.15) is 4.98 Å². The molecule has 0 fully saturated rings. The highest BCUT2D eigenvalue weighted by Gasteiger charge is 2.32. The van der Waals surface area contributed by atoms with Gasteiger partial charge in [-0.25, -0.2) is 0 Å². The first-order valence-corrected chi connectivity index (χ1v) is 11.0. The van der Waals surface area contributed by atoms with Gasteiger partial charge in [0.1, 0.15) is 5.82 Å². The van der Waals surface area contributed by atoms with Gasteiger partial charge < -0.3 is 9.88 Å². The van der Waals surface area contributed by atoms with Crippen LogP contribution in [0.3, 0.4) is 0 Å². The van der Waals surface area contributed by atoms with E-state index in [9.17, 15) is 9.59 Å². The van der Waals surface area contributed by atoms with E-state index in [4.69, 9.17) is 0 Å². The van der Waals surface area contributed by atoms with Crippen LogP contribution < -0.4 is 10.9 Å². The molecule has 0 saturated carbocycles. The monoisotopic (exact) mass is 419 g/mol. The molecular formula is C24H25N3O2S. The lowest BCUT2D eigenvalue weighted by Gasteiger charge is -2.28. The molecule has 0 radical (unpaired) electrons. The summed E-state index contributed by atoms with van der Waals surface area (Å²) in [7, 11) is 1.86. The fourth-order valence-electron chi connectivity index (χ4n) is 4.10. The zero-order chi connectivity index (χ0) is 21.4. The van der Waals surface area contributed by atoms with Gasteiger partial charge in [-0.05, 0) is 37.5 Å². The number of benzene rings is 2. The first kappa shape index (κ1) is 20.4. The molecule has 1 aromatic heterocycles. The number of aromatic nitrogens is 2. The Bertz CT molecular complexity index is 1200. The summed E-state index contributed by atoms with van der Waals surface area (Å²) in [5, 5.41) is 3.52. The number of hydrogen-bond acceptors (Lipinski definition) is 4. The number of aryl methyl sites for hydroxylation is 3. The SMILES string of the molecule is Cc1cccc(CSc2nc(=O)c3c(n2C)NC(=O)CC3c2ccc(C)cc2C)c1. The fourth-order valence-corrected chi connectivity index (χ4v) is 5.00. The van der Waals surface area contributed by atoms with E-state index >= 15 is 0 Å². The Kier molecular flexibility index (Phi) is 5.52. The second kappa shape index (κ2) is 8.11. The summed E-state index contributed by atoms with van der Waals surface area (Å²) in [5.41, 5.74) is 5.93. The van der Waals surface area contributed by atoms with Crippen molar-refractivity contribution in [3.63, 3.8) is 0 Å². The van der Waals surface area contributed by atoms with Gasteiger partial charge in [-0.15, -0.1) is 0 Å². The molecule has 154 valence electrons. The van der Waals surface area contributed by atoms with Crippen molar-refractivity contribution in [2.24, 2.45) is 7.05 Å².